The Morgan fingerprint density at radius 1 is 1.39 bits per heavy atom. The highest BCUT2D eigenvalue weighted by Crippen LogP contribution is 2.41. The lowest BCUT2D eigenvalue weighted by molar-refractivity contribution is -0.160. The average Bonchev–Trinajstić information content (AvgIpc) is 2.86. The lowest BCUT2D eigenvalue weighted by Crippen LogP contribution is -2.47. The molecule has 1 saturated heterocycles. The van der Waals surface area contributed by atoms with Crippen molar-refractivity contribution in [2.75, 3.05) is 13.1 Å². The van der Waals surface area contributed by atoms with E-state index >= 15 is 0 Å². The molecule has 2 atom stereocenters. The number of rotatable bonds is 3. The Hall–Kier alpha value is -0.360. The maximum absolute atomic E-state index is 10.0. The molecule has 1 unspecified atom stereocenters. The first-order valence-electron chi connectivity index (χ1n) is 8.09. The molecule has 1 aliphatic heterocycles. The van der Waals surface area contributed by atoms with Gasteiger partial charge in [0.2, 0.25) is 6.41 Å². The van der Waals surface area contributed by atoms with Gasteiger partial charge in [-0.1, -0.05) is 23.7 Å². The molecule has 0 amide bonds. The predicted octanol–water partition coefficient (Wildman–Crippen LogP) is 2.90. The molecular formula is C17H26Cl2N2O2. The van der Waals surface area contributed by atoms with Crippen LogP contribution >= 0.6 is 24.0 Å². The largest absolute Gasteiger partial charge is 0.356 e. The van der Waals surface area contributed by atoms with Crippen LogP contribution in [0.3, 0.4) is 0 Å². The number of halogens is 2. The van der Waals surface area contributed by atoms with Crippen molar-refractivity contribution >= 4 is 24.0 Å². The van der Waals surface area contributed by atoms with E-state index in [4.69, 9.17) is 22.1 Å². The minimum Gasteiger partial charge on any atom is -0.356 e. The van der Waals surface area contributed by atoms with E-state index in [0.717, 1.165) is 37.3 Å². The number of nitrogens with two attached hydrogens (primary N) is 1. The number of ether oxygens (including phenoxy) is 1. The van der Waals surface area contributed by atoms with E-state index in [2.05, 4.69) is 11.0 Å². The Kier molecular flexibility index (Phi) is 6.34. The Morgan fingerprint density at radius 2 is 2.09 bits per heavy atom. The molecule has 0 bridgehead atoms. The Bertz CT molecular complexity index is 521. The zero-order valence-electron chi connectivity index (χ0n) is 13.5. The zero-order valence-corrected chi connectivity index (χ0v) is 15.0. The number of aliphatic hydroxyl groups is 1. The van der Waals surface area contributed by atoms with Gasteiger partial charge in [-0.25, -0.2) is 4.90 Å². The van der Waals surface area contributed by atoms with Gasteiger partial charge in [0.25, 0.3) is 0 Å². The van der Waals surface area contributed by atoms with Crippen LogP contribution < -0.4 is 5.73 Å². The maximum Gasteiger partial charge on any atom is 0.216 e. The molecule has 3 N–H and O–H groups in total. The van der Waals surface area contributed by atoms with Gasteiger partial charge in [-0.3, -0.25) is 0 Å². The van der Waals surface area contributed by atoms with Crippen molar-refractivity contribution in [1.82, 2.24) is 4.90 Å². The van der Waals surface area contributed by atoms with Crippen molar-refractivity contribution in [3.05, 3.63) is 34.9 Å². The van der Waals surface area contributed by atoms with Crippen LogP contribution in [0.5, 0.6) is 0 Å². The van der Waals surface area contributed by atoms with Crippen molar-refractivity contribution < 1.29 is 9.84 Å². The maximum atomic E-state index is 10.0. The lowest BCUT2D eigenvalue weighted by Gasteiger charge is -2.43. The van der Waals surface area contributed by atoms with E-state index in [1.54, 1.807) is 0 Å². The number of aliphatic hydroxyl groups excluding tert-OH is 1. The van der Waals surface area contributed by atoms with Crippen molar-refractivity contribution in [2.45, 2.75) is 56.6 Å². The summed E-state index contributed by atoms with van der Waals surface area (Å²) in [7, 11) is 0. The first kappa shape index (κ1) is 19.0. The third-order valence-corrected chi connectivity index (χ3v) is 5.55. The van der Waals surface area contributed by atoms with Gasteiger partial charge in [-0.2, -0.15) is 0 Å². The van der Waals surface area contributed by atoms with Crippen LogP contribution in [-0.4, -0.2) is 41.7 Å². The van der Waals surface area contributed by atoms with Crippen molar-refractivity contribution in [1.29, 1.82) is 0 Å². The zero-order chi connectivity index (χ0) is 15.7. The summed E-state index contributed by atoms with van der Waals surface area (Å²) in [5.41, 5.74) is 7.39. The third kappa shape index (κ3) is 3.84. The first-order chi connectivity index (χ1) is 10.5. The molecule has 1 aromatic carbocycles. The van der Waals surface area contributed by atoms with Crippen molar-refractivity contribution in [2.24, 2.45) is 5.73 Å². The standard InChI is InChI=1S/C17H25ClN2O2.ClH/c1-12-10-20(16(21)22-12)15-5-7-17(11-19,8-6-15)13-3-2-4-14(18)9-13;/h2-4,9,12,15-16,21H,5-8,10-11,19H2,1H3;1H/t12-,15?,16?,17?;/m1./s1. The highest BCUT2D eigenvalue weighted by atomic mass is 35.5. The Morgan fingerprint density at radius 3 is 2.61 bits per heavy atom. The number of hydrogen-bond acceptors (Lipinski definition) is 4. The third-order valence-electron chi connectivity index (χ3n) is 5.31. The van der Waals surface area contributed by atoms with Crippen LogP contribution in [0.2, 0.25) is 5.02 Å². The van der Waals surface area contributed by atoms with Gasteiger partial charge in [0.15, 0.2) is 0 Å². The summed E-state index contributed by atoms with van der Waals surface area (Å²) < 4.78 is 5.44. The van der Waals surface area contributed by atoms with E-state index in [1.165, 1.54) is 5.56 Å². The predicted molar refractivity (Wildman–Crippen MR) is 94.9 cm³/mol. The summed E-state index contributed by atoms with van der Waals surface area (Å²) in [4.78, 5) is 2.09. The fourth-order valence-corrected chi connectivity index (χ4v) is 4.15. The van der Waals surface area contributed by atoms with Gasteiger partial charge < -0.3 is 15.6 Å². The minimum absolute atomic E-state index is 0. The van der Waals surface area contributed by atoms with E-state index < -0.39 is 6.41 Å². The highest BCUT2D eigenvalue weighted by molar-refractivity contribution is 6.30. The molecule has 1 aromatic rings. The summed E-state index contributed by atoms with van der Waals surface area (Å²) >= 11 is 6.15. The SMILES string of the molecule is C[C@@H]1CN(C2CCC(CN)(c3cccc(Cl)c3)CC2)C(O)O1.Cl. The smallest absolute Gasteiger partial charge is 0.216 e. The van der Waals surface area contributed by atoms with Gasteiger partial charge >= 0.3 is 0 Å². The van der Waals surface area contributed by atoms with Crippen molar-refractivity contribution in [3.8, 4) is 0 Å². The summed E-state index contributed by atoms with van der Waals surface area (Å²) in [6, 6.07) is 8.46. The molecular weight excluding hydrogens is 335 g/mol. The molecule has 4 nitrogen and oxygen atoms in total. The quantitative estimate of drug-likeness (QED) is 0.869. The molecule has 2 fully saturated rings. The molecule has 6 heteroatoms. The molecule has 130 valence electrons. The average molecular weight is 361 g/mol. The van der Waals surface area contributed by atoms with E-state index in [0.29, 0.717) is 12.6 Å². The van der Waals surface area contributed by atoms with Crippen LogP contribution in [0.25, 0.3) is 0 Å². The first-order valence-corrected chi connectivity index (χ1v) is 8.47. The fraction of sp³-hybridized carbons (Fsp3) is 0.647. The Balaban J connectivity index is 0.00000192. The molecule has 1 saturated carbocycles. The minimum atomic E-state index is -0.753. The molecule has 0 radical (unpaired) electrons. The summed E-state index contributed by atoms with van der Waals surface area (Å²) in [6.45, 7) is 3.44. The monoisotopic (exact) mass is 360 g/mol. The summed E-state index contributed by atoms with van der Waals surface area (Å²) in [5.74, 6) is 0. The van der Waals surface area contributed by atoms with Crippen LogP contribution in [0, 0.1) is 0 Å². The van der Waals surface area contributed by atoms with Crippen molar-refractivity contribution in [3.63, 3.8) is 0 Å². The second-order valence-corrected chi connectivity index (χ2v) is 7.13. The molecule has 3 rings (SSSR count). The lowest BCUT2D eigenvalue weighted by atomic mass is 9.68. The van der Waals surface area contributed by atoms with E-state index in [1.807, 2.05) is 25.1 Å². The van der Waals surface area contributed by atoms with Crippen LogP contribution in [0.4, 0.5) is 0 Å². The summed E-state index contributed by atoms with van der Waals surface area (Å²) in [6.07, 6.45) is 3.44. The van der Waals surface area contributed by atoms with Gasteiger partial charge in [0, 0.05) is 29.6 Å². The van der Waals surface area contributed by atoms with E-state index in [-0.39, 0.29) is 23.9 Å². The second kappa shape index (κ2) is 7.68. The second-order valence-electron chi connectivity index (χ2n) is 6.70. The number of nitrogens with zero attached hydrogens (tertiary/aromatic N) is 1. The number of hydrogen-bond donors (Lipinski definition) is 2. The molecule has 0 spiro atoms. The number of benzene rings is 1. The van der Waals surface area contributed by atoms with Crippen LogP contribution in [0.15, 0.2) is 24.3 Å². The topological polar surface area (TPSA) is 58.7 Å². The van der Waals surface area contributed by atoms with Crippen LogP contribution in [0.1, 0.15) is 38.2 Å². The fourth-order valence-electron chi connectivity index (χ4n) is 3.96. The molecule has 1 aliphatic carbocycles. The van der Waals surface area contributed by atoms with E-state index in [9.17, 15) is 5.11 Å². The summed E-state index contributed by atoms with van der Waals surface area (Å²) in [5, 5.41) is 10.8. The van der Waals surface area contributed by atoms with Gasteiger partial charge in [-0.15, -0.1) is 12.4 Å². The van der Waals surface area contributed by atoms with Gasteiger partial charge in [0.1, 0.15) is 0 Å². The molecule has 1 heterocycles. The highest BCUT2D eigenvalue weighted by Gasteiger charge is 2.41. The molecule has 2 aliphatic rings. The van der Waals surface area contributed by atoms with Gasteiger partial charge in [-0.05, 0) is 50.3 Å². The molecule has 23 heavy (non-hydrogen) atoms. The Labute approximate surface area is 149 Å². The normalized spacial score (nSPS) is 35.0. The molecule has 0 aromatic heterocycles. The van der Waals surface area contributed by atoms with Gasteiger partial charge in [0.05, 0.1) is 6.10 Å². The van der Waals surface area contributed by atoms with Crippen LogP contribution in [-0.2, 0) is 10.2 Å².